The summed E-state index contributed by atoms with van der Waals surface area (Å²) in [4.78, 5) is 12.5. The first-order valence-electron chi connectivity index (χ1n) is 11.8. The highest BCUT2D eigenvalue weighted by atomic mass is 15.1. The fourth-order valence-electron chi connectivity index (χ4n) is 5.16. The van der Waals surface area contributed by atoms with E-state index in [-0.39, 0.29) is 0 Å². The molecule has 0 bridgehead atoms. The summed E-state index contributed by atoms with van der Waals surface area (Å²) < 4.78 is 0. The maximum atomic E-state index is 5.03. The third kappa shape index (κ3) is 4.29. The van der Waals surface area contributed by atoms with Crippen LogP contribution in [-0.2, 0) is 25.8 Å². The molecule has 0 fully saturated rings. The summed E-state index contributed by atoms with van der Waals surface area (Å²) >= 11 is 0. The van der Waals surface area contributed by atoms with E-state index in [0.29, 0.717) is 6.04 Å². The van der Waals surface area contributed by atoms with E-state index in [1.807, 2.05) is 0 Å². The molecule has 0 radical (unpaired) electrons. The number of rotatable bonds is 6. The Balaban J connectivity index is 1.66. The Morgan fingerprint density at radius 1 is 0.903 bits per heavy atom. The first-order valence-corrected chi connectivity index (χ1v) is 11.8. The summed E-state index contributed by atoms with van der Waals surface area (Å²) in [5, 5.41) is 0. The maximum Gasteiger partial charge on any atom is 0.160 e. The topological polar surface area (TPSA) is 29.0 Å². The van der Waals surface area contributed by atoms with Gasteiger partial charge in [-0.25, -0.2) is 9.97 Å². The van der Waals surface area contributed by atoms with Gasteiger partial charge in [0.1, 0.15) is 0 Å². The summed E-state index contributed by atoms with van der Waals surface area (Å²) in [6.45, 7) is 9.60. The first kappa shape index (κ1) is 21.7. The molecule has 0 spiro atoms. The lowest BCUT2D eigenvalue weighted by Crippen LogP contribution is -2.28. The van der Waals surface area contributed by atoms with Crippen molar-refractivity contribution in [2.45, 2.75) is 72.4 Å². The number of fused-ring (bicyclic) bond motifs is 1. The van der Waals surface area contributed by atoms with Crippen molar-refractivity contribution in [3.8, 4) is 11.4 Å². The molecule has 0 saturated carbocycles. The molecule has 1 aromatic heterocycles. The standard InChI is InChI=1S/C28H35N3/c1-6-21-13-10-14-22(7-2)27(21)28-29-19(3)25(20(4)30-28)18-31(5)26-17-11-15-23-12-8-9-16-24(23)26/h8-10,12-14,16,26H,6-7,11,15,17-18H2,1-5H3. The van der Waals surface area contributed by atoms with Crippen LogP contribution < -0.4 is 0 Å². The maximum absolute atomic E-state index is 5.03. The van der Waals surface area contributed by atoms with Crippen molar-refractivity contribution in [3.05, 3.63) is 81.7 Å². The van der Waals surface area contributed by atoms with Gasteiger partial charge in [-0.05, 0) is 75.3 Å². The summed E-state index contributed by atoms with van der Waals surface area (Å²) in [5.41, 5.74) is 10.4. The van der Waals surface area contributed by atoms with Crippen LogP contribution in [0.3, 0.4) is 0 Å². The normalized spacial score (nSPS) is 15.9. The van der Waals surface area contributed by atoms with Gasteiger partial charge in [-0.3, -0.25) is 4.90 Å². The number of aryl methyl sites for hydroxylation is 5. The lowest BCUT2D eigenvalue weighted by atomic mass is 9.87. The number of aromatic nitrogens is 2. The molecule has 1 aliphatic carbocycles. The highest BCUT2D eigenvalue weighted by Gasteiger charge is 2.25. The van der Waals surface area contributed by atoms with Crippen molar-refractivity contribution in [2.24, 2.45) is 0 Å². The van der Waals surface area contributed by atoms with Gasteiger partial charge in [0.15, 0.2) is 5.82 Å². The molecule has 4 rings (SSSR count). The molecule has 3 heteroatoms. The zero-order valence-corrected chi connectivity index (χ0v) is 19.7. The Kier molecular flexibility index (Phi) is 6.52. The number of hydrogen-bond donors (Lipinski definition) is 0. The fourth-order valence-corrected chi connectivity index (χ4v) is 5.16. The van der Waals surface area contributed by atoms with Crippen molar-refractivity contribution in [1.82, 2.24) is 14.9 Å². The minimum absolute atomic E-state index is 0.468. The number of benzene rings is 2. The molecule has 31 heavy (non-hydrogen) atoms. The summed E-state index contributed by atoms with van der Waals surface area (Å²) in [5.74, 6) is 0.888. The van der Waals surface area contributed by atoms with Crippen molar-refractivity contribution in [3.63, 3.8) is 0 Å². The van der Waals surface area contributed by atoms with Crippen LogP contribution in [0.25, 0.3) is 11.4 Å². The number of hydrogen-bond acceptors (Lipinski definition) is 3. The van der Waals surface area contributed by atoms with Crippen LogP contribution in [0.5, 0.6) is 0 Å². The Morgan fingerprint density at radius 3 is 2.19 bits per heavy atom. The van der Waals surface area contributed by atoms with Gasteiger partial charge >= 0.3 is 0 Å². The SMILES string of the molecule is CCc1cccc(CC)c1-c1nc(C)c(CN(C)C2CCCc3ccccc32)c(C)n1. The quantitative estimate of drug-likeness (QED) is 0.468. The second kappa shape index (κ2) is 9.32. The van der Waals surface area contributed by atoms with Crippen LogP contribution in [0, 0.1) is 13.8 Å². The zero-order chi connectivity index (χ0) is 22.0. The molecule has 0 amide bonds. The van der Waals surface area contributed by atoms with E-state index in [0.717, 1.165) is 36.6 Å². The van der Waals surface area contributed by atoms with Crippen LogP contribution in [-0.4, -0.2) is 21.9 Å². The minimum atomic E-state index is 0.468. The second-order valence-corrected chi connectivity index (χ2v) is 8.88. The molecule has 0 N–H and O–H groups in total. The summed E-state index contributed by atoms with van der Waals surface area (Å²) in [7, 11) is 2.25. The highest BCUT2D eigenvalue weighted by molar-refractivity contribution is 5.65. The molecule has 1 atom stereocenters. The number of nitrogens with zero attached hydrogens (tertiary/aromatic N) is 3. The Labute approximate surface area is 187 Å². The van der Waals surface area contributed by atoms with Crippen LogP contribution in [0.4, 0.5) is 0 Å². The molecular weight excluding hydrogens is 378 g/mol. The van der Waals surface area contributed by atoms with E-state index in [1.165, 1.54) is 52.6 Å². The lowest BCUT2D eigenvalue weighted by molar-refractivity contribution is 0.212. The Bertz CT molecular complexity index is 1020. The second-order valence-electron chi connectivity index (χ2n) is 8.88. The van der Waals surface area contributed by atoms with Crippen LogP contribution in [0.15, 0.2) is 42.5 Å². The average Bonchev–Trinajstić information content (AvgIpc) is 2.80. The average molecular weight is 414 g/mol. The van der Waals surface area contributed by atoms with Crippen molar-refractivity contribution >= 4 is 0 Å². The molecule has 0 aliphatic heterocycles. The van der Waals surface area contributed by atoms with Crippen molar-refractivity contribution in [1.29, 1.82) is 0 Å². The van der Waals surface area contributed by atoms with Gasteiger partial charge in [-0.1, -0.05) is 56.3 Å². The van der Waals surface area contributed by atoms with Gasteiger partial charge in [-0.15, -0.1) is 0 Å². The van der Waals surface area contributed by atoms with Crippen LogP contribution in [0.2, 0.25) is 0 Å². The van der Waals surface area contributed by atoms with Gasteiger partial charge in [-0.2, -0.15) is 0 Å². The predicted molar refractivity (Wildman–Crippen MR) is 129 cm³/mol. The van der Waals surface area contributed by atoms with E-state index < -0.39 is 0 Å². The van der Waals surface area contributed by atoms with Gasteiger partial charge in [0.05, 0.1) is 0 Å². The van der Waals surface area contributed by atoms with Crippen LogP contribution >= 0.6 is 0 Å². The van der Waals surface area contributed by atoms with Crippen LogP contribution in [0.1, 0.15) is 71.9 Å². The predicted octanol–water partition coefficient (Wildman–Crippen LogP) is 6.39. The minimum Gasteiger partial charge on any atom is -0.295 e. The molecule has 1 aliphatic rings. The summed E-state index contributed by atoms with van der Waals surface area (Å²) in [6.07, 6.45) is 5.67. The molecule has 3 aromatic rings. The zero-order valence-electron chi connectivity index (χ0n) is 19.7. The molecule has 1 heterocycles. The molecule has 162 valence electrons. The third-order valence-electron chi connectivity index (χ3n) is 6.92. The molecular formula is C28H35N3. The first-order chi connectivity index (χ1) is 15.0. The monoisotopic (exact) mass is 413 g/mol. The van der Waals surface area contributed by atoms with E-state index >= 15 is 0 Å². The Morgan fingerprint density at radius 2 is 1.55 bits per heavy atom. The van der Waals surface area contributed by atoms with Gasteiger partial charge in [0.25, 0.3) is 0 Å². The molecule has 0 saturated heterocycles. The molecule has 2 aromatic carbocycles. The third-order valence-corrected chi connectivity index (χ3v) is 6.92. The smallest absolute Gasteiger partial charge is 0.160 e. The molecule has 1 unspecified atom stereocenters. The van der Waals surface area contributed by atoms with Gasteiger partial charge in [0.2, 0.25) is 0 Å². The molecule has 3 nitrogen and oxygen atoms in total. The Hall–Kier alpha value is -2.52. The van der Waals surface area contributed by atoms with E-state index in [1.54, 1.807) is 0 Å². The van der Waals surface area contributed by atoms with Crippen molar-refractivity contribution in [2.75, 3.05) is 7.05 Å². The van der Waals surface area contributed by atoms with Crippen molar-refractivity contribution < 1.29 is 0 Å². The van der Waals surface area contributed by atoms with Gasteiger partial charge in [0, 0.05) is 35.1 Å². The lowest BCUT2D eigenvalue weighted by Gasteiger charge is -2.33. The van der Waals surface area contributed by atoms with E-state index in [9.17, 15) is 0 Å². The van der Waals surface area contributed by atoms with E-state index in [4.69, 9.17) is 9.97 Å². The van der Waals surface area contributed by atoms with E-state index in [2.05, 4.69) is 82.1 Å². The van der Waals surface area contributed by atoms with Gasteiger partial charge < -0.3 is 0 Å². The summed E-state index contributed by atoms with van der Waals surface area (Å²) in [6, 6.07) is 16.0. The highest BCUT2D eigenvalue weighted by Crippen LogP contribution is 2.35. The largest absolute Gasteiger partial charge is 0.295 e. The fraction of sp³-hybridized carbons (Fsp3) is 0.429.